The van der Waals surface area contributed by atoms with Gasteiger partial charge in [0.2, 0.25) is 5.91 Å². The summed E-state index contributed by atoms with van der Waals surface area (Å²) in [6.45, 7) is 5.94. The summed E-state index contributed by atoms with van der Waals surface area (Å²) in [6, 6.07) is 13.1. The number of carbonyl (C=O) groups is 1. The van der Waals surface area contributed by atoms with E-state index in [1.807, 2.05) is 26.0 Å². The van der Waals surface area contributed by atoms with Gasteiger partial charge in [0.15, 0.2) is 0 Å². The topological polar surface area (TPSA) is 89.8 Å². The zero-order chi connectivity index (χ0) is 18.0. The molecular formula is C19H22N4O2. The van der Waals surface area contributed by atoms with Crippen molar-refractivity contribution in [2.24, 2.45) is 0 Å². The van der Waals surface area contributed by atoms with Gasteiger partial charge in [0.1, 0.15) is 0 Å². The van der Waals surface area contributed by atoms with Crippen LogP contribution < -0.4 is 16.3 Å². The van der Waals surface area contributed by atoms with Crippen LogP contribution in [0.1, 0.15) is 31.0 Å². The Labute approximate surface area is 145 Å². The van der Waals surface area contributed by atoms with Crippen LogP contribution in [0.2, 0.25) is 0 Å². The molecule has 25 heavy (non-hydrogen) atoms. The van der Waals surface area contributed by atoms with E-state index in [9.17, 15) is 9.59 Å². The normalized spacial score (nSPS) is 13.6. The molecule has 6 heteroatoms. The van der Waals surface area contributed by atoms with E-state index in [0.717, 1.165) is 0 Å². The lowest BCUT2D eigenvalue weighted by molar-refractivity contribution is -0.117. The summed E-state index contributed by atoms with van der Waals surface area (Å²) in [5.74, 6) is -0.127. The summed E-state index contributed by atoms with van der Waals surface area (Å²) in [5.41, 5.74) is 4.12. The van der Waals surface area contributed by atoms with Crippen LogP contribution in [0, 0.1) is 6.92 Å². The Bertz CT molecular complexity index is 957. The lowest BCUT2D eigenvalue weighted by Gasteiger charge is -2.21. The van der Waals surface area contributed by atoms with E-state index in [1.54, 1.807) is 18.2 Å². The zero-order valence-corrected chi connectivity index (χ0v) is 14.5. The molecule has 130 valence electrons. The minimum atomic E-state index is -0.365. The molecule has 3 rings (SSSR count). The van der Waals surface area contributed by atoms with E-state index in [0.29, 0.717) is 16.7 Å². The van der Waals surface area contributed by atoms with Crippen LogP contribution in [-0.4, -0.2) is 21.9 Å². The number of aromatic amines is 2. The van der Waals surface area contributed by atoms with Gasteiger partial charge in [0, 0.05) is 11.7 Å². The van der Waals surface area contributed by atoms with Crippen molar-refractivity contribution in [3.63, 3.8) is 0 Å². The van der Waals surface area contributed by atoms with Gasteiger partial charge in [-0.15, -0.1) is 0 Å². The third kappa shape index (κ3) is 3.80. The number of fused-ring (bicyclic) bond motifs is 1. The Morgan fingerprint density at radius 1 is 1.04 bits per heavy atom. The lowest BCUT2D eigenvalue weighted by atomic mass is 10.0. The van der Waals surface area contributed by atoms with Gasteiger partial charge in [-0.25, -0.2) is 4.79 Å². The van der Waals surface area contributed by atoms with Gasteiger partial charge >= 0.3 is 5.69 Å². The standard InChI is InChI=1S/C19H22N4O2/c1-11-6-4-5-7-15(11)12(2)20-13(3)18(24)21-14-8-9-16-17(10-14)23-19(25)22-16/h4-10,12-13,20H,1-3H3,(H,21,24)(H2,22,23,25). The molecule has 2 unspecified atom stereocenters. The fourth-order valence-electron chi connectivity index (χ4n) is 2.97. The lowest BCUT2D eigenvalue weighted by Crippen LogP contribution is -2.39. The highest BCUT2D eigenvalue weighted by atomic mass is 16.2. The molecule has 1 heterocycles. The Balaban J connectivity index is 1.67. The van der Waals surface area contributed by atoms with Crippen molar-refractivity contribution >= 4 is 22.6 Å². The number of benzene rings is 2. The van der Waals surface area contributed by atoms with Crippen LogP contribution in [0.3, 0.4) is 0 Å². The van der Waals surface area contributed by atoms with Gasteiger partial charge < -0.3 is 15.3 Å². The maximum absolute atomic E-state index is 12.5. The molecule has 3 aromatic rings. The smallest absolute Gasteiger partial charge is 0.323 e. The van der Waals surface area contributed by atoms with Crippen molar-refractivity contribution in [3.05, 3.63) is 64.1 Å². The van der Waals surface area contributed by atoms with Crippen molar-refractivity contribution in [2.75, 3.05) is 5.32 Å². The Hall–Kier alpha value is -2.86. The molecule has 0 saturated heterocycles. The molecule has 0 radical (unpaired) electrons. The molecule has 4 N–H and O–H groups in total. The molecule has 0 fully saturated rings. The van der Waals surface area contributed by atoms with E-state index in [2.05, 4.69) is 39.7 Å². The minimum Gasteiger partial charge on any atom is -0.325 e. The van der Waals surface area contributed by atoms with Crippen LogP contribution in [0.15, 0.2) is 47.3 Å². The highest BCUT2D eigenvalue weighted by molar-refractivity contribution is 5.96. The first-order valence-corrected chi connectivity index (χ1v) is 8.28. The molecule has 2 aromatic carbocycles. The zero-order valence-electron chi connectivity index (χ0n) is 14.5. The number of rotatable bonds is 5. The average molecular weight is 338 g/mol. The Morgan fingerprint density at radius 3 is 2.52 bits per heavy atom. The molecule has 0 aliphatic carbocycles. The molecular weight excluding hydrogens is 316 g/mol. The summed E-state index contributed by atoms with van der Waals surface area (Å²) in [5, 5.41) is 6.20. The maximum Gasteiger partial charge on any atom is 0.323 e. The molecule has 1 aromatic heterocycles. The van der Waals surface area contributed by atoms with Gasteiger partial charge in [-0.2, -0.15) is 0 Å². The first-order valence-electron chi connectivity index (χ1n) is 8.28. The number of hydrogen-bond donors (Lipinski definition) is 4. The predicted octanol–water partition coefficient (Wildman–Crippen LogP) is 2.84. The maximum atomic E-state index is 12.5. The summed E-state index contributed by atoms with van der Waals surface area (Å²) in [6.07, 6.45) is 0. The average Bonchev–Trinajstić information content (AvgIpc) is 2.94. The quantitative estimate of drug-likeness (QED) is 0.577. The van der Waals surface area contributed by atoms with E-state index in [1.165, 1.54) is 11.1 Å². The number of anilines is 1. The summed E-state index contributed by atoms with van der Waals surface area (Å²) < 4.78 is 0. The molecule has 0 saturated carbocycles. The van der Waals surface area contributed by atoms with Crippen LogP contribution in [-0.2, 0) is 4.79 Å². The van der Waals surface area contributed by atoms with Gasteiger partial charge in [-0.3, -0.25) is 10.1 Å². The fraction of sp³-hybridized carbons (Fsp3) is 0.263. The van der Waals surface area contributed by atoms with E-state index >= 15 is 0 Å². The number of H-pyrrole nitrogens is 2. The van der Waals surface area contributed by atoms with Crippen molar-refractivity contribution < 1.29 is 4.79 Å². The highest BCUT2D eigenvalue weighted by Crippen LogP contribution is 2.18. The Morgan fingerprint density at radius 2 is 1.76 bits per heavy atom. The second-order valence-corrected chi connectivity index (χ2v) is 6.30. The largest absolute Gasteiger partial charge is 0.325 e. The number of hydrogen-bond acceptors (Lipinski definition) is 3. The fourth-order valence-corrected chi connectivity index (χ4v) is 2.97. The van der Waals surface area contributed by atoms with Crippen LogP contribution in [0.5, 0.6) is 0 Å². The van der Waals surface area contributed by atoms with E-state index in [4.69, 9.17) is 0 Å². The van der Waals surface area contributed by atoms with Crippen LogP contribution in [0.4, 0.5) is 5.69 Å². The number of imidazole rings is 1. The first kappa shape index (κ1) is 17.0. The van der Waals surface area contributed by atoms with Crippen molar-refractivity contribution in [1.29, 1.82) is 0 Å². The Kier molecular flexibility index (Phi) is 4.72. The first-order chi connectivity index (χ1) is 11.9. The van der Waals surface area contributed by atoms with Gasteiger partial charge in [0.05, 0.1) is 17.1 Å². The molecule has 0 bridgehead atoms. The second kappa shape index (κ2) is 6.94. The number of aryl methyl sites for hydroxylation is 1. The highest BCUT2D eigenvalue weighted by Gasteiger charge is 2.17. The molecule has 2 atom stereocenters. The van der Waals surface area contributed by atoms with Crippen LogP contribution >= 0.6 is 0 Å². The molecule has 0 aliphatic heterocycles. The van der Waals surface area contributed by atoms with Gasteiger partial charge in [0.25, 0.3) is 0 Å². The van der Waals surface area contributed by atoms with E-state index in [-0.39, 0.29) is 23.7 Å². The van der Waals surface area contributed by atoms with Crippen molar-refractivity contribution in [2.45, 2.75) is 32.9 Å². The van der Waals surface area contributed by atoms with Crippen molar-refractivity contribution in [1.82, 2.24) is 15.3 Å². The minimum absolute atomic E-state index is 0.0606. The molecule has 6 nitrogen and oxygen atoms in total. The third-order valence-electron chi connectivity index (χ3n) is 4.33. The number of carbonyl (C=O) groups excluding carboxylic acids is 1. The van der Waals surface area contributed by atoms with Gasteiger partial charge in [-0.05, 0) is 50.1 Å². The SMILES string of the molecule is Cc1ccccc1C(C)NC(C)C(=O)Nc1ccc2[nH]c(=O)[nH]c2c1. The summed E-state index contributed by atoms with van der Waals surface area (Å²) in [7, 11) is 0. The van der Waals surface area contributed by atoms with Crippen molar-refractivity contribution in [3.8, 4) is 0 Å². The summed E-state index contributed by atoms with van der Waals surface area (Å²) >= 11 is 0. The number of amides is 1. The van der Waals surface area contributed by atoms with Gasteiger partial charge in [-0.1, -0.05) is 24.3 Å². The monoisotopic (exact) mass is 338 g/mol. The predicted molar refractivity (Wildman–Crippen MR) is 99.7 cm³/mol. The molecule has 0 aliphatic rings. The molecule has 1 amide bonds. The molecule has 0 spiro atoms. The van der Waals surface area contributed by atoms with E-state index < -0.39 is 0 Å². The number of aromatic nitrogens is 2. The number of nitrogens with one attached hydrogen (secondary N) is 4. The second-order valence-electron chi connectivity index (χ2n) is 6.30. The third-order valence-corrected chi connectivity index (χ3v) is 4.33. The van der Waals surface area contributed by atoms with Crippen LogP contribution in [0.25, 0.3) is 11.0 Å². The summed E-state index contributed by atoms with van der Waals surface area (Å²) in [4.78, 5) is 29.1.